The Hall–Kier alpha value is -2.67. The molecule has 2 aromatic rings. The Morgan fingerprint density at radius 2 is 2.05 bits per heavy atom. The van der Waals surface area contributed by atoms with E-state index in [0.717, 1.165) is 11.0 Å². The van der Waals surface area contributed by atoms with Crippen LogP contribution in [0.25, 0.3) is 0 Å². The fraction of sp³-hybridized carbons (Fsp3) is 0.0769. The maximum absolute atomic E-state index is 12.3. The second-order valence-electron chi connectivity index (χ2n) is 4.07. The second-order valence-corrected chi connectivity index (χ2v) is 4.51. The monoisotopic (exact) mass is 307 g/mol. The van der Waals surface area contributed by atoms with Crippen molar-refractivity contribution in [2.75, 3.05) is 11.4 Å². The van der Waals surface area contributed by atoms with Crippen LogP contribution >= 0.6 is 11.6 Å². The van der Waals surface area contributed by atoms with E-state index in [1.807, 2.05) is 0 Å². The summed E-state index contributed by atoms with van der Waals surface area (Å²) in [7, 11) is 0. The molecule has 2 N–H and O–H groups in total. The summed E-state index contributed by atoms with van der Waals surface area (Å²) in [4.78, 5) is 35.3. The number of aromatic nitrogens is 2. The van der Waals surface area contributed by atoms with Gasteiger partial charge in [-0.3, -0.25) is 19.3 Å². The average Bonchev–Trinajstić information content (AvgIpc) is 2.44. The lowest BCUT2D eigenvalue weighted by Crippen LogP contribution is -2.36. The molecule has 0 saturated heterocycles. The van der Waals surface area contributed by atoms with Gasteiger partial charge in [-0.05, 0) is 24.3 Å². The SMILES string of the molecule is O=C(O)CN(C(=O)c1ccc(=O)[nH]n1)c1cccc(Cl)c1. The van der Waals surface area contributed by atoms with E-state index < -0.39 is 24.0 Å². The number of nitrogens with zero attached hydrogens (tertiary/aromatic N) is 2. The first kappa shape index (κ1) is 14.7. The van der Waals surface area contributed by atoms with E-state index in [9.17, 15) is 14.4 Å². The molecule has 7 nitrogen and oxygen atoms in total. The van der Waals surface area contributed by atoms with Crippen LogP contribution < -0.4 is 10.5 Å². The zero-order valence-electron chi connectivity index (χ0n) is 10.6. The number of aliphatic carboxylic acids is 1. The Balaban J connectivity index is 2.40. The molecule has 0 unspecified atom stereocenters. The maximum atomic E-state index is 12.3. The van der Waals surface area contributed by atoms with Gasteiger partial charge in [0.2, 0.25) is 0 Å². The molecule has 0 radical (unpaired) electrons. The molecule has 1 heterocycles. The van der Waals surface area contributed by atoms with Crippen LogP contribution in [-0.2, 0) is 4.79 Å². The highest BCUT2D eigenvalue weighted by molar-refractivity contribution is 6.31. The van der Waals surface area contributed by atoms with Crippen LogP contribution in [0, 0.1) is 0 Å². The number of halogens is 1. The molecule has 2 rings (SSSR count). The number of amides is 1. The molecular formula is C13H10ClN3O4. The zero-order valence-corrected chi connectivity index (χ0v) is 11.4. The number of anilines is 1. The quantitative estimate of drug-likeness (QED) is 0.882. The molecule has 0 aliphatic heterocycles. The van der Waals surface area contributed by atoms with E-state index in [4.69, 9.17) is 16.7 Å². The summed E-state index contributed by atoms with van der Waals surface area (Å²) in [6.07, 6.45) is 0. The number of hydrogen-bond donors (Lipinski definition) is 2. The summed E-state index contributed by atoms with van der Waals surface area (Å²) in [6.45, 7) is -0.556. The van der Waals surface area contributed by atoms with E-state index in [1.165, 1.54) is 12.1 Å². The van der Waals surface area contributed by atoms with Gasteiger partial charge in [-0.2, -0.15) is 5.10 Å². The maximum Gasteiger partial charge on any atom is 0.323 e. The van der Waals surface area contributed by atoms with Gasteiger partial charge in [0.15, 0.2) is 0 Å². The highest BCUT2D eigenvalue weighted by Gasteiger charge is 2.21. The lowest BCUT2D eigenvalue weighted by molar-refractivity contribution is -0.135. The molecule has 0 spiro atoms. The molecular weight excluding hydrogens is 298 g/mol. The molecule has 108 valence electrons. The first-order chi connectivity index (χ1) is 9.97. The van der Waals surface area contributed by atoms with E-state index in [2.05, 4.69) is 10.2 Å². The van der Waals surface area contributed by atoms with Gasteiger partial charge in [-0.15, -0.1) is 0 Å². The van der Waals surface area contributed by atoms with E-state index >= 15 is 0 Å². The zero-order chi connectivity index (χ0) is 15.4. The van der Waals surface area contributed by atoms with Crippen molar-refractivity contribution >= 4 is 29.2 Å². The minimum Gasteiger partial charge on any atom is -0.480 e. The van der Waals surface area contributed by atoms with Gasteiger partial charge in [0.1, 0.15) is 12.2 Å². The predicted octanol–water partition coefficient (Wildman–Crippen LogP) is 1.15. The summed E-state index contributed by atoms with van der Waals surface area (Å²) >= 11 is 5.85. The molecule has 0 aliphatic carbocycles. The molecule has 8 heteroatoms. The minimum absolute atomic E-state index is 0.0733. The van der Waals surface area contributed by atoms with Crippen molar-refractivity contribution in [1.82, 2.24) is 10.2 Å². The number of carbonyl (C=O) groups is 2. The number of hydrogen-bond acceptors (Lipinski definition) is 4. The summed E-state index contributed by atoms with van der Waals surface area (Å²) in [5, 5.41) is 15.0. The van der Waals surface area contributed by atoms with Crippen molar-refractivity contribution in [3.8, 4) is 0 Å². The van der Waals surface area contributed by atoms with E-state index in [1.54, 1.807) is 18.2 Å². The first-order valence-corrected chi connectivity index (χ1v) is 6.20. The molecule has 0 fully saturated rings. The van der Waals surface area contributed by atoms with Crippen molar-refractivity contribution in [2.45, 2.75) is 0 Å². The predicted molar refractivity (Wildman–Crippen MR) is 75.6 cm³/mol. The van der Waals surface area contributed by atoms with Crippen LogP contribution in [0.1, 0.15) is 10.5 Å². The van der Waals surface area contributed by atoms with Crippen LogP contribution in [0.4, 0.5) is 5.69 Å². The van der Waals surface area contributed by atoms with Crippen molar-refractivity contribution in [3.63, 3.8) is 0 Å². The normalized spacial score (nSPS) is 10.1. The smallest absolute Gasteiger partial charge is 0.323 e. The molecule has 0 aliphatic rings. The number of nitrogens with one attached hydrogen (secondary N) is 1. The minimum atomic E-state index is -1.19. The second kappa shape index (κ2) is 6.19. The summed E-state index contributed by atoms with van der Waals surface area (Å²) in [6, 6.07) is 8.58. The van der Waals surface area contributed by atoms with Gasteiger partial charge in [0.25, 0.3) is 11.5 Å². The third-order valence-corrected chi connectivity index (χ3v) is 2.79. The summed E-state index contributed by atoms with van der Waals surface area (Å²) in [5.74, 6) is -1.84. The number of H-pyrrole nitrogens is 1. The Morgan fingerprint density at radius 1 is 1.29 bits per heavy atom. The van der Waals surface area contributed by atoms with Gasteiger partial charge in [-0.1, -0.05) is 17.7 Å². The van der Waals surface area contributed by atoms with Crippen LogP contribution in [0.2, 0.25) is 5.02 Å². The fourth-order valence-corrected chi connectivity index (χ4v) is 1.85. The van der Waals surface area contributed by atoms with Gasteiger partial charge >= 0.3 is 5.97 Å². The fourth-order valence-electron chi connectivity index (χ4n) is 1.66. The van der Waals surface area contributed by atoms with Gasteiger partial charge in [0.05, 0.1) is 0 Å². The molecule has 0 saturated carbocycles. The number of carboxylic acids is 1. The standard InChI is InChI=1S/C13H10ClN3O4/c14-8-2-1-3-9(6-8)17(7-12(19)20)13(21)10-4-5-11(18)16-15-10/h1-6H,7H2,(H,16,18)(H,19,20). The Kier molecular flexibility index (Phi) is 4.34. The van der Waals surface area contributed by atoms with Crippen LogP contribution in [-0.4, -0.2) is 33.7 Å². The molecule has 0 bridgehead atoms. The number of carbonyl (C=O) groups excluding carboxylic acids is 1. The van der Waals surface area contributed by atoms with Crippen molar-refractivity contribution in [3.05, 3.63) is 57.5 Å². The third-order valence-electron chi connectivity index (χ3n) is 2.56. The van der Waals surface area contributed by atoms with E-state index in [-0.39, 0.29) is 5.69 Å². The van der Waals surface area contributed by atoms with Gasteiger partial charge in [0, 0.05) is 16.8 Å². The van der Waals surface area contributed by atoms with Gasteiger partial charge in [-0.25, -0.2) is 5.10 Å². The van der Waals surface area contributed by atoms with Crippen molar-refractivity contribution < 1.29 is 14.7 Å². The Labute approximate surface area is 123 Å². The van der Waals surface area contributed by atoms with Crippen molar-refractivity contribution in [1.29, 1.82) is 0 Å². The number of aromatic amines is 1. The first-order valence-electron chi connectivity index (χ1n) is 5.82. The third kappa shape index (κ3) is 3.67. The van der Waals surface area contributed by atoms with Crippen LogP contribution in [0.5, 0.6) is 0 Å². The van der Waals surface area contributed by atoms with E-state index in [0.29, 0.717) is 10.7 Å². The number of benzene rings is 1. The highest BCUT2D eigenvalue weighted by atomic mass is 35.5. The summed E-state index contributed by atoms with van der Waals surface area (Å²) < 4.78 is 0. The number of rotatable bonds is 4. The summed E-state index contributed by atoms with van der Waals surface area (Å²) in [5.41, 5.74) is -0.210. The van der Waals surface area contributed by atoms with Crippen LogP contribution in [0.15, 0.2) is 41.2 Å². The topological polar surface area (TPSA) is 103 Å². The average molecular weight is 308 g/mol. The Morgan fingerprint density at radius 3 is 2.62 bits per heavy atom. The lowest BCUT2D eigenvalue weighted by Gasteiger charge is -2.20. The largest absolute Gasteiger partial charge is 0.480 e. The van der Waals surface area contributed by atoms with Gasteiger partial charge < -0.3 is 5.11 Å². The van der Waals surface area contributed by atoms with Crippen LogP contribution in [0.3, 0.4) is 0 Å². The lowest BCUT2D eigenvalue weighted by atomic mass is 10.2. The molecule has 1 amide bonds. The Bertz CT molecular complexity index is 724. The molecule has 21 heavy (non-hydrogen) atoms. The molecule has 1 aromatic carbocycles. The number of carboxylic acid groups (broad SMARTS) is 1. The molecule has 0 atom stereocenters. The molecule has 1 aromatic heterocycles. The highest BCUT2D eigenvalue weighted by Crippen LogP contribution is 2.20. The van der Waals surface area contributed by atoms with Crippen molar-refractivity contribution in [2.24, 2.45) is 0 Å².